The van der Waals surface area contributed by atoms with E-state index in [4.69, 9.17) is 0 Å². The van der Waals surface area contributed by atoms with Crippen LogP contribution in [0.5, 0.6) is 0 Å². The average molecular weight is 296 g/mol. The molecule has 0 saturated heterocycles. The van der Waals surface area contributed by atoms with E-state index in [-0.39, 0.29) is 0 Å². The van der Waals surface area contributed by atoms with Crippen LogP contribution in [0.3, 0.4) is 0 Å². The standard InChI is InChI=1S/C15H22BrN/c1-10-5-7-14(12(3)8-10)17-15-9-11(2)4-6-13(15)16/h4,6,9-10,12,14,17H,5,7-8H2,1-3H3. The quantitative estimate of drug-likeness (QED) is 0.810. The summed E-state index contributed by atoms with van der Waals surface area (Å²) in [6, 6.07) is 7.13. The summed E-state index contributed by atoms with van der Waals surface area (Å²) in [5.41, 5.74) is 2.56. The van der Waals surface area contributed by atoms with E-state index in [1.54, 1.807) is 0 Å². The Morgan fingerprint density at radius 1 is 1.24 bits per heavy atom. The predicted octanol–water partition coefficient (Wildman–Crippen LogP) is 4.99. The molecule has 1 fully saturated rings. The molecular formula is C15H22BrN. The van der Waals surface area contributed by atoms with Gasteiger partial charge >= 0.3 is 0 Å². The van der Waals surface area contributed by atoms with E-state index in [9.17, 15) is 0 Å². The highest BCUT2D eigenvalue weighted by Crippen LogP contribution is 2.32. The maximum atomic E-state index is 3.71. The number of nitrogens with one attached hydrogen (secondary N) is 1. The fraction of sp³-hybridized carbons (Fsp3) is 0.600. The van der Waals surface area contributed by atoms with Crippen molar-refractivity contribution in [2.45, 2.75) is 46.1 Å². The van der Waals surface area contributed by atoms with Gasteiger partial charge in [0.1, 0.15) is 0 Å². The zero-order valence-corrected chi connectivity index (χ0v) is 12.5. The second-order valence-electron chi connectivity index (χ2n) is 5.63. The van der Waals surface area contributed by atoms with Gasteiger partial charge in [0.05, 0.1) is 0 Å². The Morgan fingerprint density at radius 2 is 2.00 bits per heavy atom. The maximum Gasteiger partial charge on any atom is 0.0489 e. The predicted molar refractivity (Wildman–Crippen MR) is 78.5 cm³/mol. The fourth-order valence-corrected chi connectivity index (χ4v) is 3.19. The number of hydrogen-bond acceptors (Lipinski definition) is 1. The number of aryl methyl sites for hydroxylation is 1. The summed E-state index contributed by atoms with van der Waals surface area (Å²) in [7, 11) is 0. The number of anilines is 1. The first-order chi connectivity index (χ1) is 8.06. The van der Waals surface area contributed by atoms with Gasteiger partial charge < -0.3 is 5.32 Å². The lowest BCUT2D eigenvalue weighted by Crippen LogP contribution is -2.33. The molecule has 1 N–H and O–H groups in total. The fourth-order valence-electron chi connectivity index (χ4n) is 2.83. The third-order valence-electron chi connectivity index (χ3n) is 3.89. The average Bonchev–Trinajstić information content (AvgIpc) is 2.27. The Balaban J connectivity index is 2.07. The molecule has 1 aromatic rings. The van der Waals surface area contributed by atoms with Crippen molar-refractivity contribution in [3.63, 3.8) is 0 Å². The van der Waals surface area contributed by atoms with Crippen LogP contribution in [0, 0.1) is 18.8 Å². The minimum Gasteiger partial charge on any atom is -0.381 e. The lowest BCUT2D eigenvalue weighted by Gasteiger charge is -2.34. The van der Waals surface area contributed by atoms with Crippen LogP contribution >= 0.6 is 15.9 Å². The van der Waals surface area contributed by atoms with Gasteiger partial charge in [0.15, 0.2) is 0 Å². The van der Waals surface area contributed by atoms with Gasteiger partial charge in [-0.2, -0.15) is 0 Å². The smallest absolute Gasteiger partial charge is 0.0489 e. The summed E-state index contributed by atoms with van der Waals surface area (Å²) in [5, 5.41) is 3.71. The summed E-state index contributed by atoms with van der Waals surface area (Å²) in [6.07, 6.45) is 4.00. The number of rotatable bonds is 2. The molecule has 2 rings (SSSR count). The van der Waals surface area contributed by atoms with Crippen LogP contribution in [0.15, 0.2) is 22.7 Å². The molecule has 1 saturated carbocycles. The lowest BCUT2D eigenvalue weighted by molar-refractivity contribution is 0.276. The zero-order valence-electron chi connectivity index (χ0n) is 11.0. The highest BCUT2D eigenvalue weighted by molar-refractivity contribution is 9.10. The van der Waals surface area contributed by atoms with Crippen molar-refractivity contribution in [1.82, 2.24) is 0 Å². The van der Waals surface area contributed by atoms with Crippen molar-refractivity contribution in [3.05, 3.63) is 28.2 Å². The Bertz CT molecular complexity index is 389. The Morgan fingerprint density at radius 3 is 2.71 bits per heavy atom. The van der Waals surface area contributed by atoms with Gasteiger partial charge in [0.2, 0.25) is 0 Å². The molecule has 1 nitrogen and oxygen atoms in total. The molecule has 1 aliphatic rings. The van der Waals surface area contributed by atoms with Crippen LogP contribution in [0.4, 0.5) is 5.69 Å². The Kier molecular flexibility index (Phi) is 4.13. The summed E-state index contributed by atoms with van der Waals surface area (Å²) in [5.74, 6) is 1.66. The molecular weight excluding hydrogens is 274 g/mol. The molecule has 0 spiro atoms. The molecule has 0 aliphatic heterocycles. The highest BCUT2D eigenvalue weighted by atomic mass is 79.9. The van der Waals surface area contributed by atoms with Gasteiger partial charge in [-0.05, 0) is 71.6 Å². The Hall–Kier alpha value is -0.500. The van der Waals surface area contributed by atoms with Gasteiger partial charge in [0, 0.05) is 16.2 Å². The maximum absolute atomic E-state index is 3.71. The first-order valence-corrected chi connectivity index (χ1v) is 7.38. The van der Waals surface area contributed by atoms with Gasteiger partial charge in [-0.15, -0.1) is 0 Å². The van der Waals surface area contributed by atoms with Crippen molar-refractivity contribution in [3.8, 4) is 0 Å². The third kappa shape index (κ3) is 3.25. The van der Waals surface area contributed by atoms with Crippen molar-refractivity contribution in [1.29, 1.82) is 0 Å². The molecule has 3 unspecified atom stereocenters. The summed E-state index contributed by atoms with van der Waals surface area (Å²) in [4.78, 5) is 0. The van der Waals surface area contributed by atoms with E-state index in [2.05, 4.69) is 60.2 Å². The van der Waals surface area contributed by atoms with E-state index in [0.29, 0.717) is 6.04 Å². The minimum atomic E-state index is 0.629. The van der Waals surface area contributed by atoms with Crippen molar-refractivity contribution in [2.75, 3.05) is 5.32 Å². The van der Waals surface area contributed by atoms with Crippen LogP contribution in [-0.2, 0) is 0 Å². The second-order valence-corrected chi connectivity index (χ2v) is 6.48. The topological polar surface area (TPSA) is 12.0 Å². The molecule has 0 radical (unpaired) electrons. The van der Waals surface area contributed by atoms with Crippen molar-refractivity contribution in [2.24, 2.45) is 11.8 Å². The van der Waals surface area contributed by atoms with Crippen LogP contribution in [0.1, 0.15) is 38.7 Å². The first-order valence-electron chi connectivity index (χ1n) is 6.59. The SMILES string of the molecule is Cc1ccc(Br)c(NC2CCC(C)CC2C)c1. The second kappa shape index (κ2) is 5.43. The summed E-state index contributed by atoms with van der Waals surface area (Å²) < 4.78 is 1.17. The molecule has 0 amide bonds. The summed E-state index contributed by atoms with van der Waals surface area (Å²) in [6.45, 7) is 6.89. The van der Waals surface area contributed by atoms with Gasteiger partial charge in [-0.25, -0.2) is 0 Å². The normalized spacial score (nSPS) is 29.1. The largest absolute Gasteiger partial charge is 0.381 e. The molecule has 2 heteroatoms. The Labute approximate surface area is 113 Å². The van der Waals surface area contributed by atoms with Gasteiger partial charge in [-0.3, -0.25) is 0 Å². The van der Waals surface area contributed by atoms with E-state index in [0.717, 1.165) is 11.8 Å². The van der Waals surface area contributed by atoms with Gasteiger partial charge in [0.25, 0.3) is 0 Å². The van der Waals surface area contributed by atoms with Crippen molar-refractivity contribution < 1.29 is 0 Å². The molecule has 3 atom stereocenters. The molecule has 94 valence electrons. The third-order valence-corrected chi connectivity index (χ3v) is 4.59. The molecule has 17 heavy (non-hydrogen) atoms. The lowest BCUT2D eigenvalue weighted by atomic mass is 9.80. The highest BCUT2D eigenvalue weighted by Gasteiger charge is 2.25. The molecule has 1 aliphatic carbocycles. The number of halogens is 1. The zero-order chi connectivity index (χ0) is 12.4. The van der Waals surface area contributed by atoms with E-state index < -0.39 is 0 Å². The van der Waals surface area contributed by atoms with E-state index in [1.807, 2.05) is 0 Å². The van der Waals surface area contributed by atoms with Crippen LogP contribution in [0.25, 0.3) is 0 Å². The van der Waals surface area contributed by atoms with Crippen LogP contribution in [-0.4, -0.2) is 6.04 Å². The van der Waals surface area contributed by atoms with Crippen LogP contribution < -0.4 is 5.32 Å². The van der Waals surface area contributed by atoms with E-state index in [1.165, 1.54) is 35.0 Å². The van der Waals surface area contributed by atoms with Crippen LogP contribution in [0.2, 0.25) is 0 Å². The monoisotopic (exact) mass is 295 g/mol. The summed E-state index contributed by atoms with van der Waals surface area (Å²) >= 11 is 3.63. The molecule has 1 aromatic carbocycles. The number of hydrogen-bond donors (Lipinski definition) is 1. The minimum absolute atomic E-state index is 0.629. The number of benzene rings is 1. The first kappa shape index (κ1) is 12.9. The van der Waals surface area contributed by atoms with E-state index >= 15 is 0 Å². The molecule has 0 aromatic heterocycles. The van der Waals surface area contributed by atoms with Gasteiger partial charge in [-0.1, -0.05) is 19.9 Å². The molecule has 0 heterocycles. The van der Waals surface area contributed by atoms with Crippen molar-refractivity contribution >= 4 is 21.6 Å². The molecule has 0 bridgehead atoms.